The van der Waals surface area contributed by atoms with Gasteiger partial charge in [0.1, 0.15) is 6.04 Å². The van der Waals surface area contributed by atoms with Gasteiger partial charge in [0, 0.05) is 17.5 Å². The van der Waals surface area contributed by atoms with Crippen LogP contribution in [0.25, 0.3) is 0 Å². The van der Waals surface area contributed by atoms with E-state index in [0.717, 1.165) is 19.3 Å². The number of hydrogen-bond acceptors (Lipinski definition) is 3. The van der Waals surface area contributed by atoms with Gasteiger partial charge in [-0.2, -0.15) is 0 Å². The molecule has 0 aromatic carbocycles. The predicted molar refractivity (Wildman–Crippen MR) is 80.0 cm³/mol. The average molecular weight is 283 g/mol. The number of carbonyl (C=O) groups excluding carboxylic acids is 2. The van der Waals surface area contributed by atoms with Gasteiger partial charge < -0.3 is 16.4 Å². The second-order valence-corrected chi connectivity index (χ2v) is 7.13. The summed E-state index contributed by atoms with van der Waals surface area (Å²) in [4.78, 5) is 24.2. The molecule has 0 aliphatic heterocycles. The maximum absolute atomic E-state index is 12.3. The molecular formula is C15H29N3O2. The van der Waals surface area contributed by atoms with Crippen molar-refractivity contribution in [3.05, 3.63) is 0 Å². The molecule has 0 radical (unpaired) electrons. The van der Waals surface area contributed by atoms with Crippen LogP contribution in [0.3, 0.4) is 0 Å². The SMILES string of the molecule is CC(NC(=O)C1CCC(N)CC1C)C(=O)NC(C)(C)C. The Balaban J connectivity index is 2.51. The van der Waals surface area contributed by atoms with E-state index in [1.807, 2.05) is 20.8 Å². The van der Waals surface area contributed by atoms with Crippen LogP contribution in [0.4, 0.5) is 0 Å². The summed E-state index contributed by atoms with van der Waals surface area (Å²) >= 11 is 0. The molecule has 4 unspecified atom stereocenters. The predicted octanol–water partition coefficient (Wildman–Crippen LogP) is 1.17. The highest BCUT2D eigenvalue weighted by Gasteiger charge is 2.32. The summed E-state index contributed by atoms with van der Waals surface area (Å²) in [5, 5.41) is 5.70. The molecule has 0 aromatic heterocycles. The first-order valence-corrected chi connectivity index (χ1v) is 7.48. The molecule has 116 valence electrons. The normalized spacial score (nSPS) is 28.6. The third kappa shape index (κ3) is 5.12. The first-order valence-electron chi connectivity index (χ1n) is 7.48. The van der Waals surface area contributed by atoms with Crippen LogP contribution in [0.1, 0.15) is 53.9 Å². The van der Waals surface area contributed by atoms with Crippen molar-refractivity contribution >= 4 is 11.8 Å². The van der Waals surface area contributed by atoms with E-state index in [1.165, 1.54) is 0 Å². The van der Waals surface area contributed by atoms with Gasteiger partial charge in [-0.25, -0.2) is 0 Å². The van der Waals surface area contributed by atoms with E-state index in [-0.39, 0.29) is 35.2 Å². The molecule has 1 fully saturated rings. The van der Waals surface area contributed by atoms with Gasteiger partial charge >= 0.3 is 0 Å². The topological polar surface area (TPSA) is 84.2 Å². The molecule has 0 heterocycles. The molecule has 1 aliphatic rings. The Bertz CT molecular complexity index is 363. The van der Waals surface area contributed by atoms with Crippen LogP contribution in [-0.2, 0) is 9.59 Å². The van der Waals surface area contributed by atoms with Crippen molar-refractivity contribution in [2.24, 2.45) is 17.6 Å². The van der Waals surface area contributed by atoms with Gasteiger partial charge in [-0.3, -0.25) is 9.59 Å². The minimum absolute atomic E-state index is 0.0269. The van der Waals surface area contributed by atoms with E-state index in [1.54, 1.807) is 6.92 Å². The highest BCUT2D eigenvalue weighted by atomic mass is 16.2. The molecule has 5 nitrogen and oxygen atoms in total. The van der Waals surface area contributed by atoms with E-state index in [0.29, 0.717) is 0 Å². The minimum atomic E-state index is -0.510. The molecule has 5 heteroatoms. The summed E-state index contributed by atoms with van der Waals surface area (Å²) in [5.41, 5.74) is 5.62. The summed E-state index contributed by atoms with van der Waals surface area (Å²) in [6, 6.07) is -0.305. The molecular weight excluding hydrogens is 254 g/mol. The molecule has 0 spiro atoms. The number of carbonyl (C=O) groups is 2. The molecule has 1 rings (SSSR count). The second-order valence-electron chi connectivity index (χ2n) is 7.13. The van der Waals surface area contributed by atoms with Gasteiger partial charge in [0.15, 0.2) is 0 Å². The number of hydrogen-bond donors (Lipinski definition) is 3. The molecule has 0 bridgehead atoms. The van der Waals surface area contributed by atoms with Crippen LogP contribution in [0.15, 0.2) is 0 Å². The first kappa shape index (κ1) is 17.0. The Morgan fingerprint density at radius 3 is 2.35 bits per heavy atom. The second kappa shape index (κ2) is 6.57. The van der Waals surface area contributed by atoms with Crippen LogP contribution in [-0.4, -0.2) is 29.4 Å². The van der Waals surface area contributed by atoms with Gasteiger partial charge in [0.25, 0.3) is 0 Å². The zero-order valence-corrected chi connectivity index (χ0v) is 13.3. The molecule has 1 aliphatic carbocycles. The number of rotatable bonds is 3. The van der Waals surface area contributed by atoms with E-state index in [9.17, 15) is 9.59 Å². The van der Waals surface area contributed by atoms with Crippen molar-refractivity contribution in [2.45, 2.75) is 71.5 Å². The highest BCUT2D eigenvalue weighted by molar-refractivity contribution is 5.88. The maximum Gasteiger partial charge on any atom is 0.242 e. The molecule has 20 heavy (non-hydrogen) atoms. The molecule has 4 N–H and O–H groups in total. The largest absolute Gasteiger partial charge is 0.350 e. The molecule has 2 amide bonds. The summed E-state index contributed by atoms with van der Waals surface area (Å²) in [6.45, 7) is 9.54. The van der Waals surface area contributed by atoms with Crippen LogP contribution < -0.4 is 16.4 Å². The Labute approximate surface area is 122 Å². The number of nitrogens with one attached hydrogen (secondary N) is 2. The lowest BCUT2D eigenvalue weighted by Crippen LogP contribution is -2.52. The first-order chi connectivity index (χ1) is 9.10. The summed E-state index contributed by atoms with van der Waals surface area (Å²) < 4.78 is 0. The molecule has 4 atom stereocenters. The lowest BCUT2D eigenvalue weighted by atomic mass is 9.77. The molecule has 0 saturated heterocycles. The van der Waals surface area contributed by atoms with Crippen LogP contribution >= 0.6 is 0 Å². The highest BCUT2D eigenvalue weighted by Crippen LogP contribution is 2.29. The van der Waals surface area contributed by atoms with E-state index < -0.39 is 6.04 Å². The van der Waals surface area contributed by atoms with Crippen LogP contribution in [0.5, 0.6) is 0 Å². The molecule has 0 aromatic rings. The zero-order valence-electron chi connectivity index (χ0n) is 13.3. The Kier molecular flexibility index (Phi) is 5.57. The van der Waals surface area contributed by atoms with Crippen molar-refractivity contribution in [1.29, 1.82) is 0 Å². The summed E-state index contributed by atoms with van der Waals surface area (Å²) in [5.74, 6) is 0.0725. The van der Waals surface area contributed by atoms with Crippen molar-refractivity contribution < 1.29 is 9.59 Å². The van der Waals surface area contributed by atoms with Gasteiger partial charge in [0.05, 0.1) is 0 Å². The Morgan fingerprint density at radius 1 is 1.25 bits per heavy atom. The van der Waals surface area contributed by atoms with E-state index in [2.05, 4.69) is 17.6 Å². The van der Waals surface area contributed by atoms with E-state index in [4.69, 9.17) is 5.73 Å². The third-order valence-corrected chi connectivity index (χ3v) is 3.80. The summed E-state index contributed by atoms with van der Waals surface area (Å²) in [7, 11) is 0. The van der Waals surface area contributed by atoms with Gasteiger partial charge in [-0.1, -0.05) is 6.92 Å². The zero-order chi connectivity index (χ0) is 15.5. The minimum Gasteiger partial charge on any atom is -0.350 e. The van der Waals surface area contributed by atoms with Gasteiger partial charge in [0.2, 0.25) is 11.8 Å². The number of nitrogens with two attached hydrogens (primary N) is 1. The van der Waals surface area contributed by atoms with Crippen molar-refractivity contribution in [1.82, 2.24) is 10.6 Å². The average Bonchev–Trinajstić information content (AvgIpc) is 2.26. The summed E-state index contributed by atoms with van der Waals surface area (Å²) in [6.07, 6.45) is 2.56. The van der Waals surface area contributed by atoms with Crippen LogP contribution in [0.2, 0.25) is 0 Å². The van der Waals surface area contributed by atoms with Crippen molar-refractivity contribution in [3.63, 3.8) is 0 Å². The fourth-order valence-electron chi connectivity index (χ4n) is 2.69. The Morgan fingerprint density at radius 2 is 1.85 bits per heavy atom. The smallest absolute Gasteiger partial charge is 0.242 e. The monoisotopic (exact) mass is 283 g/mol. The van der Waals surface area contributed by atoms with Crippen LogP contribution in [0, 0.1) is 11.8 Å². The lowest BCUT2D eigenvalue weighted by molar-refractivity contribution is -0.133. The quantitative estimate of drug-likeness (QED) is 0.727. The maximum atomic E-state index is 12.3. The van der Waals surface area contributed by atoms with Crippen molar-refractivity contribution in [2.75, 3.05) is 0 Å². The third-order valence-electron chi connectivity index (χ3n) is 3.80. The number of amides is 2. The Hall–Kier alpha value is -1.10. The molecule has 1 saturated carbocycles. The van der Waals surface area contributed by atoms with Gasteiger partial charge in [-0.05, 0) is 52.9 Å². The van der Waals surface area contributed by atoms with Crippen molar-refractivity contribution in [3.8, 4) is 0 Å². The standard InChI is InChI=1S/C15H29N3O2/c1-9-8-11(16)6-7-12(9)14(20)17-10(2)13(19)18-15(3,4)5/h9-12H,6-8,16H2,1-5H3,(H,17,20)(H,18,19). The fourth-order valence-corrected chi connectivity index (χ4v) is 2.69. The van der Waals surface area contributed by atoms with E-state index >= 15 is 0 Å². The fraction of sp³-hybridized carbons (Fsp3) is 0.867. The van der Waals surface area contributed by atoms with Gasteiger partial charge in [-0.15, -0.1) is 0 Å². The lowest BCUT2D eigenvalue weighted by Gasteiger charge is -2.32.